The summed E-state index contributed by atoms with van der Waals surface area (Å²) < 4.78 is 9.57. The summed E-state index contributed by atoms with van der Waals surface area (Å²) in [4.78, 5) is 35.7. The van der Waals surface area contributed by atoms with Gasteiger partial charge in [-0.25, -0.2) is 4.79 Å². The SMILES string of the molecule is COC(=O)C1=C(OC)[C@@H](C(=O)c2ccccc2)NC1=O. The topological polar surface area (TPSA) is 81.7 Å². The van der Waals surface area contributed by atoms with Crippen LogP contribution < -0.4 is 5.32 Å². The van der Waals surface area contributed by atoms with Crippen molar-refractivity contribution < 1.29 is 23.9 Å². The quantitative estimate of drug-likeness (QED) is 0.490. The van der Waals surface area contributed by atoms with Gasteiger partial charge in [-0.1, -0.05) is 30.3 Å². The van der Waals surface area contributed by atoms with Gasteiger partial charge >= 0.3 is 5.97 Å². The van der Waals surface area contributed by atoms with Crippen molar-refractivity contribution in [2.45, 2.75) is 6.04 Å². The lowest BCUT2D eigenvalue weighted by Gasteiger charge is -2.12. The number of ketones is 1. The highest BCUT2D eigenvalue weighted by atomic mass is 16.5. The van der Waals surface area contributed by atoms with E-state index in [1.165, 1.54) is 7.11 Å². The average molecular weight is 275 g/mol. The van der Waals surface area contributed by atoms with E-state index in [1.807, 2.05) is 0 Å². The van der Waals surface area contributed by atoms with Gasteiger partial charge in [0.1, 0.15) is 5.76 Å². The largest absolute Gasteiger partial charge is 0.497 e. The maximum absolute atomic E-state index is 12.3. The highest BCUT2D eigenvalue weighted by molar-refractivity contribution is 6.22. The van der Waals surface area contributed by atoms with Crippen molar-refractivity contribution in [1.29, 1.82) is 0 Å². The van der Waals surface area contributed by atoms with Gasteiger partial charge in [0.2, 0.25) is 0 Å². The Labute approximate surface area is 115 Å². The molecule has 0 radical (unpaired) electrons. The first-order valence-electron chi connectivity index (χ1n) is 5.86. The maximum Gasteiger partial charge on any atom is 0.347 e. The Hall–Kier alpha value is -2.63. The van der Waals surface area contributed by atoms with E-state index < -0.39 is 17.9 Å². The van der Waals surface area contributed by atoms with Gasteiger partial charge in [0.15, 0.2) is 17.4 Å². The normalized spacial score (nSPS) is 17.7. The van der Waals surface area contributed by atoms with Gasteiger partial charge in [-0.05, 0) is 0 Å². The molecular formula is C14H13NO5. The first-order chi connectivity index (χ1) is 9.60. The van der Waals surface area contributed by atoms with E-state index in [-0.39, 0.29) is 17.1 Å². The predicted octanol–water partition coefficient (Wildman–Crippen LogP) is 0.441. The number of benzene rings is 1. The molecule has 6 nitrogen and oxygen atoms in total. The lowest BCUT2D eigenvalue weighted by molar-refractivity contribution is -0.138. The minimum Gasteiger partial charge on any atom is -0.497 e. The molecule has 1 aromatic rings. The van der Waals surface area contributed by atoms with E-state index in [0.29, 0.717) is 5.56 Å². The predicted molar refractivity (Wildman–Crippen MR) is 68.8 cm³/mol. The van der Waals surface area contributed by atoms with Crippen LogP contribution in [0.1, 0.15) is 10.4 Å². The Bertz CT molecular complexity index is 591. The van der Waals surface area contributed by atoms with Crippen LogP contribution in [0.3, 0.4) is 0 Å². The second-order valence-electron chi connectivity index (χ2n) is 4.07. The lowest BCUT2D eigenvalue weighted by Crippen LogP contribution is -2.36. The maximum atomic E-state index is 12.3. The molecule has 0 unspecified atom stereocenters. The average Bonchev–Trinajstić information content (AvgIpc) is 2.83. The monoisotopic (exact) mass is 275 g/mol. The third-order valence-electron chi connectivity index (χ3n) is 2.94. The van der Waals surface area contributed by atoms with Crippen LogP contribution in [0.5, 0.6) is 0 Å². The molecule has 1 aromatic carbocycles. The second-order valence-corrected chi connectivity index (χ2v) is 4.07. The van der Waals surface area contributed by atoms with Crippen LogP contribution in [0.15, 0.2) is 41.7 Å². The molecule has 0 spiro atoms. The van der Waals surface area contributed by atoms with E-state index in [9.17, 15) is 14.4 Å². The summed E-state index contributed by atoms with van der Waals surface area (Å²) in [5.41, 5.74) is 0.141. The van der Waals surface area contributed by atoms with Crippen LogP contribution in [-0.2, 0) is 19.1 Å². The molecular weight excluding hydrogens is 262 g/mol. The van der Waals surface area contributed by atoms with Crippen molar-refractivity contribution in [1.82, 2.24) is 5.32 Å². The third kappa shape index (κ3) is 2.27. The smallest absolute Gasteiger partial charge is 0.347 e. The molecule has 20 heavy (non-hydrogen) atoms. The number of amides is 1. The van der Waals surface area contributed by atoms with Crippen LogP contribution in [-0.4, -0.2) is 37.9 Å². The van der Waals surface area contributed by atoms with Crippen LogP contribution >= 0.6 is 0 Å². The molecule has 1 atom stereocenters. The standard InChI is InChI=1S/C14H13NO5/c1-19-12-9(14(18)20-2)13(17)15-10(12)11(16)8-6-4-3-5-7-8/h3-7,10H,1-2H3,(H,15,17)/t10-/m1/s1. The number of rotatable bonds is 4. The van der Waals surface area contributed by atoms with Crippen LogP contribution in [0.2, 0.25) is 0 Å². The van der Waals surface area contributed by atoms with Gasteiger partial charge in [-0.3, -0.25) is 9.59 Å². The number of carbonyl (C=O) groups excluding carboxylic acids is 3. The van der Waals surface area contributed by atoms with Gasteiger partial charge in [0, 0.05) is 5.56 Å². The van der Waals surface area contributed by atoms with E-state index >= 15 is 0 Å². The number of nitrogens with one attached hydrogen (secondary N) is 1. The van der Waals surface area contributed by atoms with Crippen molar-refractivity contribution >= 4 is 17.7 Å². The number of esters is 1. The van der Waals surface area contributed by atoms with Crippen LogP contribution in [0.25, 0.3) is 0 Å². The molecule has 1 amide bonds. The fraction of sp³-hybridized carbons (Fsp3) is 0.214. The molecule has 0 aromatic heterocycles. The van der Waals surface area contributed by atoms with Gasteiger partial charge in [-0.15, -0.1) is 0 Å². The summed E-state index contributed by atoms with van der Waals surface area (Å²) in [5, 5.41) is 2.43. The number of hydrogen-bond acceptors (Lipinski definition) is 5. The first kappa shape index (κ1) is 13.8. The molecule has 0 saturated carbocycles. The molecule has 1 heterocycles. The third-order valence-corrected chi connectivity index (χ3v) is 2.94. The molecule has 1 aliphatic rings. The summed E-state index contributed by atoms with van der Waals surface area (Å²) in [6.07, 6.45) is 0. The second kappa shape index (κ2) is 5.56. The summed E-state index contributed by atoms with van der Waals surface area (Å²) in [7, 11) is 2.45. The Kier molecular flexibility index (Phi) is 3.84. The Balaban J connectivity index is 2.39. The van der Waals surface area contributed by atoms with Gasteiger partial charge in [-0.2, -0.15) is 0 Å². The van der Waals surface area contributed by atoms with Crippen LogP contribution in [0, 0.1) is 0 Å². The highest BCUT2D eigenvalue weighted by Crippen LogP contribution is 2.22. The molecule has 0 bridgehead atoms. The molecule has 1 N–H and O–H groups in total. The highest BCUT2D eigenvalue weighted by Gasteiger charge is 2.41. The minimum atomic E-state index is -1.01. The Morgan fingerprint density at radius 1 is 1.15 bits per heavy atom. The number of carbonyl (C=O) groups is 3. The minimum absolute atomic E-state index is 0.0179. The zero-order chi connectivity index (χ0) is 14.7. The fourth-order valence-electron chi connectivity index (χ4n) is 1.99. The summed E-state index contributed by atoms with van der Waals surface area (Å²) >= 11 is 0. The fourth-order valence-corrected chi connectivity index (χ4v) is 1.99. The molecule has 1 aliphatic heterocycles. The number of methoxy groups -OCH3 is 2. The summed E-state index contributed by atoms with van der Waals surface area (Å²) in [5.74, 6) is -1.88. The number of ether oxygens (including phenoxy) is 2. The zero-order valence-electron chi connectivity index (χ0n) is 11.0. The number of hydrogen-bond donors (Lipinski definition) is 1. The Morgan fingerprint density at radius 2 is 1.80 bits per heavy atom. The van der Waals surface area contributed by atoms with Gasteiger partial charge in [0.05, 0.1) is 14.2 Å². The van der Waals surface area contributed by atoms with Gasteiger partial charge < -0.3 is 14.8 Å². The van der Waals surface area contributed by atoms with Crippen molar-refractivity contribution in [3.8, 4) is 0 Å². The van der Waals surface area contributed by atoms with Crippen LogP contribution in [0.4, 0.5) is 0 Å². The van der Waals surface area contributed by atoms with E-state index in [2.05, 4.69) is 10.1 Å². The molecule has 104 valence electrons. The van der Waals surface area contributed by atoms with E-state index in [1.54, 1.807) is 30.3 Å². The van der Waals surface area contributed by atoms with Crippen molar-refractivity contribution in [3.63, 3.8) is 0 Å². The molecule has 0 saturated heterocycles. The van der Waals surface area contributed by atoms with Crippen molar-refractivity contribution in [2.24, 2.45) is 0 Å². The molecule has 0 fully saturated rings. The molecule has 6 heteroatoms. The zero-order valence-corrected chi connectivity index (χ0v) is 11.0. The van der Waals surface area contributed by atoms with Gasteiger partial charge in [0.25, 0.3) is 5.91 Å². The molecule has 0 aliphatic carbocycles. The molecule has 2 rings (SSSR count). The number of Topliss-reactive ketones (excluding diaryl/α,β-unsaturated/α-hetero) is 1. The summed E-state index contributed by atoms with van der Waals surface area (Å²) in [6, 6.07) is 7.43. The Morgan fingerprint density at radius 3 is 2.35 bits per heavy atom. The summed E-state index contributed by atoms with van der Waals surface area (Å²) in [6.45, 7) is 0. The van der Waals surface area contributed by atoms with E-state index in [0.717, 1.165) is 7.11 Å². The van der Waals surface area contributed by atoms with Crippen molar-refractivity contribution in [3.05, 3.63) is 47.2 Å². The first-order valence-corrected chi connectivity index (χ1v) is 5.86. The van der Waals surface area contributed by atoms with Crippen molar-refractivity contribution in [2.75, 3.05) is 14.2 Å². The van der Waals surface area contributed by atoms with E-state index in [4.69, 9.17) is 4.74 Å². The lowest BCUT2D eigenvalue weighted by atomic mass is 10.0.